The number of likely N-dealkylation sites (N-methyl/N-ethyl adjacent to an activating group) is 1. The molecule has 0 saturated carbocycles. The van der Waals surface area contributed by atoms with Gasteiger partial charge in [0, 0.05) is 48.2 Å². The van der Waals surface area contributed by atoms with E-state index < -0.39 is 0 Å². The van der Waals surface area contributed by atoms with E-state index in [1.54, 1.807) is 6.20 Å². The molecule has 1 N–H and O–H groups in total. The van der Waals surface area contributed by atoms with Crippen LogP contribution in [-0.2, 0) is 0 Å². The Hall–Kier alpha value is -1.92. The summed E-state index contributed by atoms with van der Waals surface area (Å²) >= 11 is 3.41. The van der Waals surface area contributed by atoms with E-state index in [-0.39, 0.29) is 5.91 Å². The zero-order chi connectivity index (χ0) is 16.9. The molecule has 1 aliphatic heterocycles. The van der Waals surface area contributed by atoms with Gasteiger partial charge in [-0.1, -0.05) is 28.9 Å². The predicted molar refractivity (Wildman–Crippen MR) is 101 cm³/mol. The molecular weight excluding hydrogens is 368 g/mol. The summed E-state index contributed by atoms with van der Waals surface area (Å²) in [6.45, 7) is 7.34. The highest BCUT2D eigenvalue weighted by Gasteiger charge is 2.17. The molecule has 1 amide bonds. The molecular formula is C18H21BrN4O. The smallest absolute Gasteiger partial charge is 0.274 e. The highest BCUT2D eigenvalue weighted by molar-refractivity contribution is 9.10. The van der Waals surface area contributed by atoms with Crippen LogP contribution in [0, 0.1) is 0 Å². The average Bonchev–Trinajstić information content (AvgIpc) is 2.62. The number of anilines is 2. The normalized spacial score (nSPS) is 15.3. The van der Waals surface area contributed by atoms with E-state index in [2.05, 4.69) is 43.0 Å². The van der Waals surface area contributed by atoms with Gasteiger partial charge in [0.15, 0.2) is 0 Å². The molecule has 0 radical (unpaired) electrons. The van der Waals surface area contributed by atoms with Crippen molar-refractivity contribution in [2.24, 2.45) is 0 Å². The SMILES string of the molecule is CCN1CCN(c2ccnc(C(=O)Nc3cccc(Br)c3)c2)CC1. The first-order valence-electron chi connectivity index (χ1n) is 8.16. The second kappa shape index (κ2) is 7.77. The van der Waals surface area contributed by atoms with Gasteiger partial charge in [-0.15, -0.1) is 0 Å². The number of aromatic nitrogens is 1. The number of carbonyl (C=O) groups excluding carboxylic acids is 1. The van der Waals surface area contributed by atoms with Crippen molar-refractivity contribution in [2.45, 2.75) is 6.92 Å². The lowest BCUT2D eigenvalue weighted by atomic mass is 10.2. The quantitative estimate of drug-likeness (QED) is 0.873. The summed E-state index contributed by atoms with van der Waals surface area (Å²) in [6, 6.07) is 11.4. The summed E-state index contributed by atoms with van der Waals surface area (Å²) in [7, 11) is 0. The maximum atomic E-state index is 12.4. The van der Waals surface area contributed by atoms with Crippen molar-refractivity contribution in [1.29, 1.82) is 0 Å². The van der Waals surface area contributed by atoms with Crippen LogP contribution in [0.15, 0.2) is 47.1 Å². The monoisotopic (exact) mass is 388 g/mol. The fourth-order valence-electron chi connectivity index (χ4n) is 2.82. The van der Waals surface area contributed by atoms with Crippen LogP contribution in [0.2, 0.25) is 0 Å². The standard InChI is InChI=1S/C18H21BrN4O/c1-2-22-8-10-23(11-9-22)16-6-7-20-17(13-16)18(24)21-15-5-3-4-14(19)12-15/h3-7,12-13H,2,8-11H2,1H3,(H,21,24). The van der Waals surface area contributed by atoms with Gasteiger partial charge in [-0.05, 0) is 36.9 Å². The molecule has 2 heterocycles. The maximum Gasteiger partial charge on any atom is 0.274 e. The largest absolute Gasteiger partial charge is 0.369 e. The molecule has 126 valence electrons. The molecule has 0 atom stereocenters. The Kier molecular flexibility index (Phi) is 5.48. The number of rotatable bonds is 4. The van der Waals surface area contributed by atoms with Gasteiger partial charge in [0.05, 0.1) is 0 Å². The molecule has 2 aromatic rings. The molecule has 0 spiro atoms. The molecule has 0 aliphatic carbocycles. The molecule has 1 fully saturated rings. The van der Waals surface area contributed by atoms with Crippen molar-refractivity contribution in [3.63, 3.8) is 0 Å². The van der Waals surface area contributed by atoms with Crippen LogP contribution in [0.5, 0.6) is 0 Å². The van der Waals surface area contributed by atoms with Crippen molar-refractivity contribution in [3.8, 4) is 0 Å². The summed E-state index contributed by atoms with van der Waals surface area (Å²) in [4.78, 5) is 21.4. The van der Waals surface area contributed by atoms with E-state index in [1.807, 2.05) is 36.4 Å². The van der Waals surface area contributed by atoms with E-state index in [0.29, 0.717) is 5.69 Å². The number of hydrogen-bond acceptors (Lipinski definition) is 4. The van der Waals surface area contributed by atoms with Crippen LogP contribution in [-0.4, -0.2) is 48.5 Å². The van der Waals surface area contributed by atoms with Crippen LogP contribution in [0.1, 0.15) is 17.4 Å². The van der Waals surface area contributed by atoms with Gasteiger partial charge in [-0.2, -0.15) is 0 Å². The molecule has 1 aromatic heterocycles. The lowest BCUT2D eigenvalue weighted by molar-refractivity contribution is 0.102. The molecule has 1 saturated heterocycles. The molecule has 3 rings (SSSR count). The minimum atomic E-state index is -0.192. The Morgan fingerprint density at radius 1 is 1.21 bits per heavy atom. The highest BCUT2D eigenvalue weighted by Crippen LogP contribution is 2.19. The third-order valence-corrected chi connectivity index (χ3v) is 4.74. The Morgan fingerprint density at radius 3 is 2.71 bits per heavy atom. The Morgan fingerprint density at radius 2 is 2.00 bits per heavy atom. The van der Waals surface area contributed by atoms with E-state index in [4.69, 9.17) is 0 Å². The van der Waals surface area contributed by atoms with Gasteiger partial charge in [0.1, 0.15) is 5.69 Å². The zero-order valence-corrected chi connectivity index (χ0v) is 15.3. The van der Waals surface area contributed by atoms with Crippen LogP contribution < -0.4 is 10.2 Å². The van der Waals surface area contributed by atoms with Gasteiger partial charge < -0.3 is 15.1 Å². The number of pyridine rings is 1. The van der Waals surface area contributed by atoms with Crippen LogP contribution in [0.3, 0.4) is 0 Å². The van der Waals surface area contributed by atoms with Crippen molar-refractivity contribution >= 4 is 33.2 Å². The summed E-state index contributed by atoms with van der Waals surface area (Å²) in [6.07, 6.45) is 1.71. The number of carbonyl (C=O) groups is 1. The topological polar surface area (TPSA) is 48.5 Å². The van der Waals surface area contributed by atoms with E-state index in [9.17, 15) is 4.79 Å². The van der Waals surface area contributed by atoms with Crippen molar-refractivity contribution in [1.82, 2.24) is 9.88 Å². The fourth-order valence-corrected chi connectivity index (χ4v) is 3.22. The molecule has 0 bridgehead atoms. The third-order valence-electron chi connectivity index (χ3n) is 4.24. The van der Waals surface area contributed by atoms with Gasteiger partial charge in [-0.25, -0.2) is 0 Å². The summed E-state index contributed by atoms with van der Waals surface area (Å²) in [5.41, 5.74) is 2.24. The number of nitrogens with one attached hydrogen (secondary N) is 1. The lowest BCUT2D eigenvalue weighted by Crippen LogP contribution is -2.46. The number of benzene rings is 1. The third kappa shape index (κ3) is 4.13. The summed E-state index contributed by atoms with van der Waals surface area (Å²) in [5, 5.41) is 2.89. The predicted octanol–water partition coefficient (Wildman–Crippen LogP) is 3.24. The lowest BCUT2D eigenvalue weighted by Gasteiger charge is -2.35. The molecule has 1 aliphatic rings. The first-order valence-corrected chi connectivity index (χ1v) is 8.95. The first kappa shape index (κ1) is 16.9. The second-order valence-electron chi connectivity index (χ2n) is 5.79. The molecule has 24 heavy (non-hydrogen) atoms. The minimum absolute atomic E-state index is 0.192. The first-order chi connectivity index (χ1) is 11.7. The number of piperazine rings is 1. The van der Waals surface area contributed by atoms with Gasteiger partial charge >= 0.3 is 0 Å². The molecule has 1 aromatic carbocycles. The van der Waals surface area contributed by atoms with Gasteiger partial charge in [-0.3, -0.25) is 9.78 Å². The number of halogens is 1. The second-order valence-corrected chi connectivity index (χ2v) is 6.70. The fraction of sp³-hybridized carbons (Fsp3) is 0.333. The van der Waals surface area contributed by atoms with Crippen molar-refractivity contribution in [3.05, 3.63) is 52.8 Å². The van der Waals surface area contributed by atoms with Crippen molar-refractivity contribution in [2.75, 3.05) is 42.9 Å². The van der Waals surface area contributed by atoms with Crippen LogP contribution >= 0.6 is 15.9 Å². The number of nitrogens with zero attached hydrogens (tertiary/aromatic N) is 3. The minimum Gasteiger partial charge on any atom is -0.369 e. The number of amides is 1. The van der Waals surface area contributed by atoms with Crippen LogP contribution in [0.25, 0.3) is 0 Å². The van der Waals surface area contributed by atoms with Gasteiger partial charge in [0.25, 0.3) is 5.91 Å². The number of hydrogen-bond donors (Lipinski definition) is 1. The molecule has 0 unspecified atom stereocenters. The van der Waals surface area contributed by atoms with E-state index in [1.165, 1.54) is 0 Å². The Labute approximate surface area is 150 Å². The maximum absolute atomic E-state index is 12.4. The van der Waals surface area contributed by atoms with E-state index >= 15 is 0 Å². The van der Waals surface area contributed by atoms with Crippen molar-refractivity contribution < 1.29 is 4.79 Å². The zero-order valence-electron chi connectivity index (χ0n) is 13.7. The van der Waals surface area contributed by atoms with Crippen LogP contribution in [0.4, 0.5) is 11.4 Å². The highest BCUT2D eigenvalue weighted by atomic mass is 79.9. The summed E-state index contributed by atoms with van der Waals surface area (Å²) in [5.74, 6) is -0.192. The summed E-state index contributed by atoms with van der Waals surface area (Å²) < 4.78 is 0.927. The molecule has 5 nitrogen and oxygen atoms in total. The van der Waals surface area contributed by atoms with E-state index in [0.717, 1.165) is 48.6 Å². The Bertz CT molecular complexity index is 714. The average molecular weight is 389 g/mol. The molecule has 6 heteroatoms. The van der Waals surface area contributed by atoms with Gasteiger partial charge in [0.2, 0.25) is 0 Å². The Balaban J connectivity index is 1.69.